The standard InChI is InChI=1S/C15H17F2N3O2/c1-20-5-4-12(14(20)21)18-15(22)19-13-7-10(13)9-3-2-8(16)6-11(9)17/h2-3,6,10,12-13H,4-5,7H2,1H3,(H2,18,19,22)/t10-,12-,13+/m0/s1. The second-order valence-electron chi connectivity index (χ2n) is 5.83. The summed E-state index contributed by atoms with van der Waals surface area (Å²) in [5, 5.41) is 5.36. The van der Waals surface area contributed by atoms with Crippen LogP contribution in [0.4, 0.5) is 13.6 Å². The molecule has 7 heteroatoms. The molecule has 0 unspecified atom stereocenters. The van der Waals surface area contributed by atoms with Crippen LogP contribution in [0.5, 0.6) is 0 Å². The van der Waals surface area contributed by atoms with Gasteiger partial charge >= 0.3 is 6.03 Å². The van der Waals surface area contributed by atoms with E-state index < -0.39 is 23.7 Å². The number of benzene rings is 1. The zero-order valence-corrected chi connectivity index (χ0v) is 12.1. The number of amides is 3. The molecule has 1 heterocycles. The minimum Gasteiger partial charge on any atom is -0.344 e. The highest BCUT2D eigenvalue weighted by Gasteiger charge is 2.41. The van der Waals surface area contributed by atoms with E-state index in [2.05, 4.69) is 10.6 Å². The maximum atomic E-state index is 13.7. The fourth-order valence-corrected chi connectivity index (χ4v) is 2.83. The van der Waals surface area contributed by atoms with Crippen molar-refractivity contribution < 1.29 is 18.4 Å². The van der Waals surface area contributed by atoms with Gasteiger partial charge in [0, 0.05) is 31.6 Å². The van der Waals surface area contributed by atoms with E-state index in [0.29, 0.717) is 24.9 Å². The lowest BCUT2D eigenvalue weighted by Gasteiger charge is -2.13. The van der Waals surface area contributed by atoms with Crippen molar-refractivity contribution in [3.05, 3.63) is 35.4 Å². The number of nitrogens with zero attached hydrogens (tertiary/aromatic N) is 1. The van der Waals surface area contributed by atoms with Crippen LogP contribution in [0.3, 0.4) is 0 Å². The van der Waals surface area contributed by atoms with Gasteiger partial charge in [0.05, 0.1) is 0 Å². The Labute approximate surface area is 126 Å². The van der Waals surface area contributed by atoms with Gasteiger partial charge in [-0.3, -0.25) is 4.79 Å². The largest absolute Gasteiger partial charge is 0.344 e. The molecule has 1 saturated carbocycles. The Morgan fingerprint density at radius 1 is 1.32 bits per heavy atom. The second kappa shape index (κ2) is 5.55. The van der Waals surface area contributed by atoms with Crippen molar-refractivity contribution >= 4 is 11.9 Å². The van der Waals surface area contributed by atoms with Gasteiger partial charge in [-0.15, -0.1) is 0 Å². The van der Waals surface area contributed by atoms with E-state index in [4.69, 9.17) is 0 Å². The Morgan fingerprint density at radius 3 is 2.73 bits per heavy atom. The van der Waals surface area contributed by atoms with Gasteiger partial charge in [-0.1, -0.05) is 6.07 Å². The number of carbonyl (C=O) groups is 2. The summed E-state index contributed by atoms with van der Waals surface area (Å²) in [6, 6.07) is 2.35. The average Bonchev–Trinajstić information content (AvgIpc) is 3.13. The van der Waals surface area contributed by atoms with Crippen LogP contribution in [0.2, 0.25) is 0 Å². The number of hydrogen-bond acceptors (Lipinski definition) is 2. The molecule has 3 atom stereocenters. The Balaban J connectivity index is 1.53. The van der Waals surface area contributed by atoms with E-state index in [1.807, 2.05) is 0 Å². The summed E-state index contributed by atoms with van der Waals surface area (Å²) in [5.74, 6) is -1.46. The number of urea groups is 1. The predicted octanol–water partition coefficient (Wildman–Crippen LogP) is 1.35. The molecule has 5 nitrogen and oxygen atoms in total. The maximum absolute atomic E-state index is 13.7. The minimum absolute atomic E-state index is 0.105. The summed E-state index contributed by atoms with van der Waals surface area (Å²) in [6.07, 6.45) is 1.19. The van der Waals surface area contributed by atoms with Gasteiger partial charge in [0.2, 0.25) is 5.91 Å². The molecule has 1 aromatic rings. The van der Waals surface area contributed by atoms with E-state index in [1.165, 1.54) is 12.1 Å². The Bertz CT molecular complexity index is 623. The van der Waals surface area contributed by atoms with Gasteiger partial charge in [-0.05, 0) is 24.5 Å². The van der Waals surface area contributed by atoms with Crippen molar-refractivity contribution in [1.29, 1.82) is 0 Å². The molecular formula is C15H17F2N3O2. The van der Waals surface area contributed by atoms with Crippen LogP contribution >= 0.6 is 0 Å². The molecule has 1 aliphatic carbocycles. The van der Waals surface area contributed by atoms with E-state index in [1.54, 1.807) is 11.9 Å². The molecule has 3 amide bonds. The number of likely N-dealkylation sites (tertiary alicyclic amines) is 1. The fourth-order valence-electron chi connectivity index (χ4n) is 2.83. The molecule has 22 heavy (non-hydrogen) atoms. The van der Waals surface area contributed by atoms with Crippen molar-refractivity contribution in [2.45, 2.75) is 30.8 Å². The zero-order valence-electron chi connectivity index (χ0n) is 12.1. The normalized spacial score (nSPS) is 27.0. The van der Waals surface area contributed by atoms with Crippen LogP contribution in [-0.4, -0.2) is 42.5 Å². The lowest BCUT2D eigenvalue weighted by atomic mass is 10.1. The minimum atomic E-state index is -0.618. The SMILES string of the molecule is CN1CC[C@H](NC(=O)N[C@@H]2C[C@H]2c2ccc(F)cc2F)C1=O. The number of carbonyl (C=O) groups excluding carboxylic acids is 2. The third-order valence-corrected chi connectivity index (χ3v) is 4.20. The van der Waals surface area contributed by atoms with Gasteiger partial charge in [0.1, 0.15) is 17.7 Å². The van der Waals surface area contributed by atoms with Gasteiger partial charge in [0.25, 0.3) is 0 Å². The molecule has 0 radical (unpaired) electrons. The first-order valence-corrected chi connectivity index (χ1v) is 7.22. The van der Waals surface area contributed by atoms with Gasteiger partial charge < -0.3 is 15.5 Å². The Hall–Kier alpha value is -2.18. The van der Waals surface area contributed by atoms with E-state index in [-0.39, 0.29) is 17.9 Å². The van der Waals surface area contributed by atoms with Gasteiger partial charge in [-0.2, -0.15) is 0 Å². The van der Waals surface area contributed by atoms with Crippen molar-refractivity contribution in [3.63, 3.8) is 0 Å². The first-order chi connectivity index (χ1) is 10.5. The van der Waals surface area contributed by atoms with Crippen molar-refractivity contribution in [2.24, 2.45) is 0 Å². The average molecular weight is 309 g/mol. The molecule has 0 bridgehead atoms. The first-order valence-electron chi connectivity index (χ1n) is 7.22. The third kappa shape index (κ3) is 2.88. The van der Waals surface area contributed by atoms with Gasteiger partial charge in [-0.25, -0.2) is 13.6 Å². The van der Waals surface area contributed by atoms with Crippen LogP contribution in [0.15, 0.2) is 18.2 Å². The molecule has 2 fully saturated rings. The number of likely N-dealkylation sites (N-methyl/N-ethyl adjacent to an activating group) is 1. The summed E-state index contributed by atoms with van der Waals surface area (Å²) >= 11 is 0. The van der Waals surface area contributed by atoms with Crippen molar-refractivity contribution in [1.82, 2.24) is 15.5 Å². The lowest BCUT2D eigenvalue weighted by Crippen LogP contribution is -2.46. The van der Waals surface area contributed by atoms with Crippen LogP contribution < -0.4 is 10.6 Å². The van der Waals surface area contributed by atoms with E-state index in [9.17, 15) is 18.4 Å². The topological polar surface area (TPSA) is 61.4 Å². The summed E-state index contributed by atoms with van der Waals surface area (Å²) in [7, 11) is 1.69. The highest BCUT2D eigenvalue weighted by atomic mass is 19.1. The van der Waals surface area contributed by atoms with Crippen LogP contribution in [0, 0.1) is 11.6 Å². The molecule has 3 rings (SSSR count). The van der Waals surface area contributed by atoms with Crippen LogP contribution in [-0.2, 0) is 4.79 Å². The number of nitrogens with one attached hydrogen (secondary N) is 2. The fraction of sp³-hybridized carbons (Fsp3) is 0.467. The third-order valence-electron chi connectivity index (χ3n) is 4.20. The second-order valence-corrected chi connectivity index (χ2v) is 5.83. The molecule has 2 N–H and O–H groups in total. The quantitative estimate of drug-likeness (QED) is 0.885. The predicted molar refractivity (Wildman–Crippen MR) is 75.2 cm³/mol. The zero-order chi connectivity index (χ0) is 15.9. The number of hydrogen-bond donors (Lipinski definition) is 2. The van der Waals surface area contributed by atoms with E-state index >= 15 is 0 Å². The van der Waals surface area contributed by atoms with Crippen LogP contribution in [0.1, 0.15) is 24.3 Å². The highest BCUT2D eigenvalue weighted by Crippen LogP contribution is 2.41. The smallest absolute Gasteiger partial charge is 0.315 e. The lowest BCUT2D eigenvalue weighted by molar-refractivity contribution is -0.128. The van der Waals surface area contributed by atoms with Crippen LogP contribution in [0.25, 0.3) is 0 Å². The molecule has 118 valence electrons. The number of halogens is 2. The Morgan fingerprint density at radius 2 is 2.09 bits per heavy atom. The number of rotatable bonds is 3. The van der Waals surface area contributed by atoms with Crippen molar-refractivity contribution in [3.8, 4) is 0 Å². The summed E-state index contributed by atoms with van der Waals surface area (Å²) in [5.41, 5.74) is 0.406. The molecular weight excluding hydrogens is 292 g/mol. The summed E-state index contributed by atoms with van der Waals surface area (Å²) in [6.45, 7) is 0.622. The summed E-state index contributed by atoms with van der Waals surface area (Å²) < 4.78 is 26.5. The monoisotopic (exact) mass is 309 g/mol. The summed E-state index contributed by atoms with van der Waals surface area (Å²) in [4.78, 5) is 25.1. The van der Waals surface area contributed by atoms with E-state index in [0.717, 1.165) is 6.07 Å². The molecule has 1 aliphatic heterocycles. The maximum Gasteiger partial charge on any atom is 0.315 e. The Kier molecular flexibility index (Phi) is 3.72. The molecule has 0 aromatic heterocycles. The molecule has 1 aromatic carbocycles. The van der Waals surface area contributed by atoms with Gasteiger partial charge in [0.15, 0.2) is 0 Å². The highest BCUT2D eigenvalue weighted by molar-refractivity contribution is 5.88. The molecule has 1 saturated heterocycles. The molecule has 0 spiro atoms. The molecule has 2 aliphatic rings. The first kappa shape index (κ1) is 14.7. The van der Waals surface area contributed by atoms with Crippen molar-refractivity contribution in [2.75, 3.05) is 13.6 Å².